The van der Waals surface area contributed by atoms with E-state index in [-0.39, 0.29) is 25.3 Å². The maximum atomic E-state index is 14.6. The van der Waals surface area contributed by atoms with Gasteiger partial charge in [0.15, 0.2) is 11.5 Å². The molecule has 0 spiro atoms. The summed E-state index contributed by atoms with van der Waals surface area (Å²) in [6.45, 7) is 1.35. The van der Waals surface area contributed by atoms with Gasteiger partial charge in [-0.15, -0.1) is 0 Å². The minimum atomic E-state index is -3.03. The lowest BCUT2D eigenvalue weighted by molar-refractivity contribution is -0.0641. The number of hydrogen-bond donors (Lipinski definition) is 0. The molecular weight excluding hydrogens is 384 g/mol. The highest BCUT2D eigenvalue weighted by atomic mass is 19.3. The molecule has 1 fully saturated rings. The zero-order chi connectivity index (χ0) is 20.2. The predicted octanol–water partition coefficient (Wildman–Crippen LogP) is 2.43. The molecule has 2 aliphatic rings. The zero-order valence-corrected chi connectivity index (χ0v) is 15.5. The van der Waals surface area contributed by atoms with Gasteiger partial charge in [0.2, 0.25) is 6.79 Å². The van der Waals surface area contributed by atoms with Gasteiger partial charge in [-0.2, -0.15) is 10.1 Å². The predicted molar refractivity (Wildman–Crippen MR) is 96.3 cm³/mol. The van der Waals surface area contributed by atoms with E-state index in [0.29, 0.717) is 28.7 Å². The van der Waals surface area contributed by atoms with E-state index in [4.69, 9.17) is 9.47 Å². The number of nitrogens with zero attached hydrogens (tertiary/aromatic N) is 5. The third-order valence-electron chi connectivity index (χ3n) is 5.14. The molecule has 150 valence electrons. The Bertz CT molecular complexity index is 1120. The highest BCUT2D eigenvalue weighted by molar-refractivity contribution is 5.95. The van der Waals surface area contributed by atoms with Gasteiger partial charge in [-0.05, 0) is 31.2 Å². The van der Waals surface area contributed by atoms with Crippen LogP contribution in [0.25, 0.3) is 5.78 Å². The molecule has 3 aromatic rings. The van der Waals surface area contributed by atoms with E-state index in [9.17, 15) is 13.6 Å². The molecule has 29 heavy (non-hydrogen) atoms. The Labute approximate surface area is 164 Å². The van der Waals surface area contributed by atoms with Crippen molar-refractivity contribution in [2.24, 2.45) is 0 Å². The van der Waals surface area contributed by atoms with Crippen molar-refractivity contribution in [3.63, 3.8) is 0 Å². The Kier molecular flexibility index (Phi) is 3.90. The van der Waals surface area contributed by atoms with Crippen LogP contribution in [0.4, 0.5) is 8.78 Å². The van der Waals surface area contributed by atoms with Crippen molar-refractivity contribution in [1.29, 1.82) is 0 Å². The number of rotatable bonds is 2. The smallest absolute Gasteiger partial charge is 0.266 e. The molecule has 1 atom stereocenters. The summed E-state index contributed by atoms with van der Waals surface area (Å²) in [4.78, 5) is 22.5. The molecule has 10 heteroatoms. The second kappa shape index (κ2) is 6.36. The molecule has 0 bridgehead atoms. The molecule has 4 heterocycles. The van der Waals surface area contributed by atoms with Crippen molar-refractivity contribution in [1.82, 2.24) is 24.5 Å². The molecule has 8 nitrogen and oxygen atoms in total. The number of likely N-dealkylation sites (tertiary alicyclic amines) is 1. The quantitative estimate of drug-likeness (QED) is 0.656. The highest BCUT2D eigenvalue weighted by Gasteiger charge is 2.43. The minimum absolute atomic E-state index is 0.0755. The lowest BCUT2D eigenvalue weighted by atomic mass is 9.91. The number of carbonyl (C=O) groups excluding carboxylic acids is 1. The molecule has 1 aromatic carbocycles. The average Bonchev–Trinajstić information content (AvgIpc) is 3.33. The maximum Gasteiger partial charge on any atom is 0.266 e. The lowest BCUT2D eigenvalue weighted by Crippen LogP contribution is -2.49. The van der Waals surface area contributed by atoms with E-state index >= 15 is 0 Å². The van der Waals surface area contributed by atoms with Crippen LogP contribution in [0.1, 0.15) is 34.1 Å². The van der Waals surface area contributed by atoms with Gasteiger partial charge in [0.1, 0.15) is 6.33 Å². The molecule has 1 unspecified atom stereocenters. The van der Waals surface area contributed by atoms with Crippen LogP contribution in [0.3, 0.4) is 0 Å². The minimum Gasteiger partial charge on any atom is -0.454 e. The molecule has 1 saturated heterocycles. The Morgan fingerprint density at radius 3 is 2.93 bits per heavy atom. The summed E-state index contributed by atoms with van der Waals surface area (Å²) in [5.41, 5.74) is 1.50. The number of ether oxygens (including phenoxy) is 2. The van der Waals surface area contributed by atoms with Crippen molar-refractivity contribution in [3.8, 4) is 11.5 Å². The average molecular weight is 401 g/mol. The van der Waals surface area contributed by atoms with E-state index < -0.39 is 24.3 Å². The van der Waals surface area contributed by atoms with Crippen molar-refractivity contribution in [2.75, 3.05) is 19.9 Å². The van der Waals surface area contributed by atoms with Crippen LogP contribution < -0.4 is 9.47 Å². The van der Waals surface area contributed by atoms with Crippen LogP contribution in [0, 0.1) is 6.92 Å². The summed E-state index contributed by atoms with van der Waals surface area (Å²) in [5, 5.41) is 4.11. The molecule has 1 amide bonds. The number of fused-ring (bicyclic) bond motifs is 2. The third-order valence-corrected chi connectivity index (χ3v) is 5.14. The number of piperidine rings is 1. The first kappa shape index (κ1) is 17.8. The number of halogens is 2. The molecule has 0 N–H and O–H groups in total. The van der Waals surface area contributed by atoms with E-state index in [1.54, 1.807) is 25.1 Å². The normalized spacial score (nSPS) is 20.2. The Balaban J connectivity index is 1.48. The Morgan fingerprint density at radius 2 is 2.07 bits per heavy atom. The Morgan fingerprint density at radius 1 is 1.24 bits per heavy atom. The van der Waals surface area contributed by atoms with Gasteiger partial charge in [-0.25, -0.2) is 18.3 Å². The standard InChI is InChI=1S/C19H17F2N5O3/c1-11-4-14(26-18(24-11)22-9-23-26)13-6-19(20,21)8-25(7-13)17(27)12-2-3-15-16(5-12)29-10-28-15/h2-5,9,13H,6-8,10H2,1H3. The fourth-order valence-corrected chi connectivity index (χ4v) is 3.91. The van der Waals surface area contributed by atoms with Crippen LogP contribution in [-0.2, 0) is 0 Å². The molecule has 5 rings (SSSR count). The van der Waals surface area contributed by atoms with E-state index in [0.717, 1.165) is 0 Å². The summed E-state index contributed by atoms with van der Waals surface area (Å²) in [6.07, 6.45) is 0.956. The largest absolute Gasteiger partial charge is 0.454 e. The number of carbonyl (C=O) groups is 1. The molecule has 0 saturated carbocycles. The first-order valence-electron chi connectivity index (χ1n) is 9.14. The molecular formula is C19H17F2N5O3. The molecule has 0 aliphatic carbocycles. The summed E-state index contributed by atoms with van der Waals surface area (Å²) in [5.74, 6) is -2.80. The summed E-state index contributed by atoms with van der Waals surface area (Å²) in [7, 11) is 0. The summed E-state index contributed by atoms with van der Waals surface area (Å²) >= 11 is 0. The fourth-order valence-electron chi connectivity index (χ4n) is 3.91. The van der Waals surface area contributed by atoms with E-state index in [1.807, 2.05) is 0 Å². The second-order valence-corrected chi connectivity index (χ2v) is 7.30. The van der Waals surface area contributed by atoms with Crippen LogP contribution >= 0.6 is 0 Å². The van der Waals surface area contributed by atoms with E-state index in [1.165, 1.54) is 21.8 Å². The van der Waals surface area contributed by atoms with Gasteiger partial charge < -0.3 is 14.4 Å². The van der Waals surface area contributed by atoms with Crippen molar-refractivity contribution < 1.29 is 23.0 Å². The molecule has 0 radical (unpaired) electrons. The lowest BCUT2D eigenvalue weighted by Gasteiger charge is -2.37. The zero-order valence-electron chi connectivity index (χ0n) is 15.5. The van der Waals surface area contributed by atoms with Gasteiger partial charge >= 0.3 is 0 Å². The highest BCUT2D eigenvalue weighted by Crippen LogP contribution is 2.38. The van der Waals surface area contributed by atoms with E-state index in [2.05, 4.69) is 15.1 Å². The fraction of sp³-hybridized carbons (Fsp3) is 0.368. The van der Waals surface area contributed by atoms with Gasteiger partial charge in [0.05, 0.1) is 12.2 Å². The summed E-state index contributed by atoms with van der Waals surface area (Å²) in [6, 6.07) is 6.42. The van der Waals surface area contributed by atoms with Crippen molar-refractivity contribution >= 4 is 11.7 Å². The molecule has 2 aromatic heterocycles. The van der Waals surface area contributed by atoms with Crippen LogP contribution in [0.15, 0.2) is 30.6 Å². The number of benzene rings is 1. The van der Waals surface area contributed by atoms with Crippen LogP contribution in [0.2, 0.25) is 0 Å². The first-order valence-corrected chi connectivity index (χ1v) is 9.14. The van der Waals surface area contributed by atoms with Gasteiger partial charge in [0, 0.05) is 30.1 Å². The third kappa shape index (κ3) is 3.14. The summed E-state index contributed by atoms with van der Waals surface area (Å²) < 4.78 is 41.2. The molecule has 2 aliphatic heterocycles. The van der Waals surface area contributed by atoms with Crippen molar-refractivity contribution in [2.45, 2.75) is 25.2 Å². The number of aryl methyl sites for hydroxylation is 1. The number of aromatic nitrogens is 4. The monoisotopic (exact) mass is 401 g/mol. The van der Waals surface area contributed by atoms with Gasteiger partial charge in [-0.1, -0.05) is 0 Å². The van der Waals surface area contributed by atoms with Crippen LogP contribution in [0.5, 0.6) is 11.5 Å². The van der Waals surface area contributed by atoms with Crippen LogP contribution in [-0.4, -0.2) is 56.2 Å². The number of hydrogen-bond acceptors (Lipinski definition) is 6. The number of amides is 1. The SMILES string of the molecule is Cc1cc(C2CN(C(=O)c3ccc4c(c3)OCO4)CC(F)(F)C2)n2ncnc2n1. The Hall–Kier alpha value is -3.30. The number of alkyl halides is 2. The first-order chi connectivity index (χ1) is 13.9. The topological polar surface area (TPSA) is 81.9 Å². The van der Waals surface area contributed by atoms with Gasteiger partial charge in [-0.3, -0.25) is 4.79 Å². The second-order valence-electron chi connectivity index (χ2n) is 7.30. The maximum absolute atomic E-state index is 14.6. The van der Waals surface area contributed by atoms with Gasteiger partial charge in [0.25, 0.3) is 17.6 Å². The van der Waals surface area contributed by atoms with Crippen molar-refractivity contribution in [3.05, 3.63) is 47.5 Å².